The average molecular weight is 395 g/mol. The number of hydrogen-bond acceptors (Lipinski definition) is 4. The molecule has 30 heavy (non-hydrogen) atoms. The van der Waals surface area contributed by atoms with Crippen LogP contribution < -0.4 is 0 Å². The van der Waals surface area contributed by atoms with Crippen LogP contribution >= 0.6 is 0 Å². The molecule has 4 aromatic rings. The number of aryl methyl sites for hydroxylation is 2. The number of rotatable bonds is 5. The van der Waals surface area contributed by atoms with Crippen LogP contribution in [-0.2, 0) is 4.74 Å². The molecular weight excluding hydrogens is 374 g/mol. The first-order chi connectivity index (χ1) is 14.5. The lowest BCUT2D eigenvalue weighted by atomic mass is 10.0. The molecule has 0 aliphatic heterocycles. The number of hydrogen-bond donors (Lipinski definition) is 0. The highest BCUT2D eigenvalue weighted by Crippen LogP contribution is 2.27. The molecule has 0 aliphatic carbocycles. The molecule has 0 amide bonds. The second kappa shape index (κ2) is 8.29. The van der Waals surface area contributed by atoms with Gasteiger partial charge in [-0.1, -0.05) is 60.7 Å². The molecule has 0 N–H and O–H groups in total. The molecule has 0 saturated heterocycles. The van der Waals surface area contributed by atoms with Crippen molar-refractivity contribution in [3.8, 4) is 11.3 Å². The second-order valence-corrected chi connectivity index (χ2v) is 7.24. The summed E-state index contributed by atoms with van der Waals surface area (Å²) < 4.78 is 5.37. The molecule has 0 saturated carbocycles. The smallest absolute Gasteiger partial charge is 0.339 e. The Labute approximate surface area is 175 Å². The van der Waals surface area contributed by atoms with E-state index < -0.39 is 5.97 Å². The van der Waals surface area contributed by atoms with Crippen LogP contribution in [0.2, 0.25) is 0 Å². The molecule has 3 aromatic carbocycles. The fourth-order valence-electron chi connectivity index (χ4n) is 3.31. The van der Waals surface area contributed by atoms with Crippen LogP contribution in [0.1, 0.15) is 31.8 Å². The molecule has 0 atom stereocenters. The van der Waals surface area contributed by atoms with Crippen LogP contribution in [0, 0.1) is 13.8 Å². The Morgan fingerprint density at radius 1 is 0.833 bits per heavy atom. The van der Waals surface area contributed by atoms with Gasteiger partial charge in [-0.3, -0.25) is 4.79 Å². The van der Waals surface area contributed by atoms with Gasteiger partial charge in [0.05, 0.1) is 16.8 Å². The summed E-state index contributed by atoms with van der Waals surface area (Å²) in [5, 5.41) is 0.697. The summed E-state index contributed by atoms with van der Waals surface area (Å²) in [7, 11) is 0. The fourth-order valence-corrected chi connectivity index (χ4v) is 3.31. The number of esters is 1. The maximum atomic E-state index is 12.9. The number of nitrogens with zero attached hydrogens (tertiary/aromatic N) is 1. The lowest BCUT2D eigenvalue weighted by Crippen LogP contribution is -2.15. The van der Waals surface area contributed by atoms with Crippen LogP contribution in [0.4, 0.5) is 0 Å². The molecule has 0 aliphatic rings. The molecule has 1 heterocycles. The van der Waals surface area contributed by atoms with Crippen LogP contribution in [0.5, 0.6) is 0 Å². The molecule has 0 fully saturated rings. The predicted octanol–water partition coefficient (Wildman–Crippen LogP) is 5.56. The molecule has 0 radical (unpaired) electrons. The quantitative estimate of drug-likeness (QED) is 0.328. The Morgan fingerprint density at radius 2 is 1.57 bits per heavy atom. The van der Waals surface area contributed by atoms with Crippen molar-refractivity contribution in [2.24, 2.45) is 0 Å². The first kappa shape index (κ1) is 19.5. The third kappa shape index (κ3) is 3.98. The van der Waals surface area contributed by atoms with Crippen molar-refractivity contribution in [3.05, 3.63) is 101 Å². The van der Waals surface area contributed by atoms with Crippen molar-refractivity contribution in [1.82, 2.24) is 4.98 Å². The highest BCUT2D eigenvalue weighted by molar-refractivity contribution is 6.06. The number of pyridine rings is 1. The van der Waals surface area contributed by atoms with Crippen molar-refractivity contribution < 1.29 is 14.3 Å². The van der Waals surface area contributed by atoms with E-state index in [9.17, 15) is 9.59 Å². The van der Waals surface area contributed by atoms with Crippen LogP contribution in [-0.4, -0.2) is 23.3 Å². The van der Waals surface area contributed by atoms with E-state index >= 15 is 0 Å². The third-order valence-electron chi connectivity index (χ3n) is 5.17. The first-order valence-corrected chi connectivity index (χ1v) is 9.76. The number of carbonyl (C=O) groups excluding carboxylic acids is 2. The predicted molar refractivity (Wildman–Crippen MR) is 118 cm³/mol. The lowest BCUT2D eigenvalue weighted by Gasteiger charge is -2.11. The van der Waals surface area contributed by atoms with Crippen molar-refractivity contribution >= 4 is 22.7 Å². The van der Waals surface area contributed by atoms with E-state index in [0.717, 1.165) is 11.1 Å². The molecule has 0 spiro atoms. The van der Waals surface area contributed by atoms with E-state index in [4.69, 9.17) is 9.72 Å². The van der Waals surface area contributed by atoms with Gasteiger partial charge in [-0.2, -0.15) is 0 Å². The molecule has 0 unspecified atom stereocenters. The Hall–Kier alpha value is -3.79. The number of fused-ring (bicyclic) bond motifs is 1. The van der Waals surface area contributed by atoms with Crippen molar-refractivity contribution in [3.63, 3.8) is 0 Å². The molecular formula is C26H21NO3. The highest BCUT2D eigenvalue weighted by Gasteiger charge is 2.17. The Morgan fingerprint density at radius 3 is 2.33 bits per heavy atom. The maximum absolute atomic E-state index is 12.9. The monoisotopic (exact) mass is 395 g/mol. The molecule has 4 rings (SSSR count). The van der Waals surface area contributed by atoms with Gasteiger partial charge in [0, 0.05) is 16.5 Å². The Kier molecular flexibility index (Phi) is 5.40. The van der Waals surface area contributed by atoms with Crippen molar-refractivity contribution in [1.29, 1.82) is 0 Å². The standard InChI is InChI=1S/C26H21NO3/c1-17-12-13-20(14-18(17)2)24-15-22(21-10-6-7-11-23(21)27-24)26(29)30-16-25(28)19-8-4-3-5-9-19/h3-15H,16H2,1-2H3. The minimum absolute atomic E-state index is 0.239. The molecule has 4 heteroatoms. The SMILES string of the molecule is Cc1ccc(-c2cc(C(=O)OCC(=O)c3ccccc3)c3ccccc3n2)cc1C. The zero-order valence-corrected chi connectivity index (χ0v) is 16.9. The normalized spacial score (nSPS) is 10.7. The van der Waals surface area contributed by atoms with Gasteiger partial charge in [0.25, 0.3) is 0 Å². The summed E-state index contributed by atoms with van der Waals surface area (Å²) in [5.74, 6) is -0.778. The van der Waals surface area contributed by atoms with E-state index in [2.05, 4.69) is 13.0 Å². The van der Waals surface area contributed by atoms with Crippen LogP contribution in [0.15, 0.2) is 78.9 Å². The number of aromatic nitrogens is 1. The topological polar surface area (TPSA) is 56.3 Å². The zero-order chi connectivity index (χ0) is 21.1. The number of ether oxygens (including phenoxy) is 1. The highest BCUT2D eigenvalue weighted by atomic mass is 16.5. The molecule has 148 valence electrons. The number of ketones is 1. The fraction of sp³-hybridized carbons (Fsp3) is 0.115. The second-order valence-electron chi connectivity index (χ2n) is 7.24. The molecule has 0 bridgehead atoms. The van der Waals surface area contributed by atoms with Crippen molar-refractivity contribution in [2.45, 2.75) is 13.8 Å². The van der Waals surface area contributed by atoms with Crippen LogP contribution in [0.25, 0.3) is 22.2 Å². The van der Waals surface area contributed by atoms with Gasteiger partial charge in [0.15, 0.2) is 12.4 Å². The summed E-state index contributed by atoms with van der Waals surface area (Å²) in [6.45, 7) is 3.79. The first-order valence-electron chi connectivity index (χ1n) is 9.76. The number of benzene rings is 3. The molecule has 1 aromatic heterocycles. The Bertz CT molecular complexity index is 1250. The van der Waals surface area contributed by atoms with Gasteiger partial charge in [0.1, 0.15) is 0 Å². The van der Waals surface area contributed by atoms with Gasteiger partial charge < -0.3 is 4.74 Å². The van der Waals surface area contributed by atoms with Gasteiger partial charge in [-0.15, -0.1) is 0 Å². The van der Waals surface area contributed by atoms with E-state index in [1.807, 2.05) is 49.4 Å². The summed E-state index contributed by atoms with van der Waals surface area (Å²) in [6, 6.07) is 24.1. The minimum Gasteiger partial charge on any atom is -0.454 e. The lowest BCUT2D eigenvalue weighted by molar-refractivity contribution is 0.0476. The summed E-state index contributed by atoms with van der Waals surface area (Å²) in [5.41, 5.74) is 5.58. The number of carbonyl (C=O) groups is 2. The average Bonchev–Trinajstić information content (AvgIpc) is 2.78. The summed E-state index contributed by atoms with van der Waals surface area (Å²) >= 11 is 0. The maximum Gasteiger partial charge on any atom is 0.339 e. The minimum atomic E-state index is -0.539. The van der Waals surface area contributed by atoms with Crippen LogP contribution in [0.3, 0.4) is 0 Å². The van der Waals surface area contributed by atoms with E-state index in [1.54, 1.807) is 30.3 Å². The Balaban J connectivity index is 1.67. The van der Waals surface area contributed by atoms with Gasteiger partial charge >= 0.3 is 5.97 Å². The van der Waals surface area contributed by atoms with Gasteiger partial charge in [-0.05, 0) is 43.2 Å². The van der Waals surface area contributed by atoms with Gasteiger partial charge in [0.2, 0.25) is 0 Å². The summed E-state index contributed by atoms with van der Waals surface area (Å²) in [6.07, 6.45) is 0. The van der Waals surface area contributed by atoms with Crippen molar-refractivity contribution in [2.75, 3.05) is 6.61 Å². The largest absolute Gasteiger partial charge is 0.454 e. The van der Waals surface area contributed by atoms with E-state index in [-0.39, 0.29) is 12.4 Å². The number of Topliss-reactive ketones (excluding diaryl/α,β-unsaturated/α-hetero) is 1. The van der Waals surface area contributed by atoms with E-state index in [0.29, 0.717) is 27.7 Å². The summed E-state index contributed by atoms with van der Waals surface area (Å²) in [4.78, 5) is 29.9. The van der Waals surface area contributed by atoms with Gasteiger partial charge in [-0.25, -0.2) is 9.78 Å². The molecule has 4 nitrogen and oxygen atoms in total. The third-order valence-corrected chi connectivity index (χ3v) is 5.17. The van der Waals surface area contributed by atoms with E-state index in [1.165, 1.54) is 5.56 Å². The zero-order valence-electron chi connectivity index (χ0n) is 16.9. The number of para-hydroxylation sites is 1.